The summed E-state index contributed by atoms with van der Waals surface area (Å²) < 4.78 is 30.0. The van der Waals surface area contributed by atoms with Crippen LogP contribution in [-0.4, -0.2) is 39.7 Å². The van der Waals surface area contributed by atoms with Gasteiger partial charge in [-0.1, -0.05) is 6.07 Å². The summed E-state index contributed by atoms with van der Waals surface area (Å²) in [6.45, 7) is 2.43. The molecule has 1 aromatic rings. The molecule has 8 heteroatoms. The normalized spacial score (nSPS) is 14.0. The van der Waals surface area contributed by atoms with Crippen molar-refractivity contribution in [3.8, 4) is 0 Å². The first-order chi connectivity index (χ1) is 11.3. The number of esters is 1. The van der Waals surface area contributed by atoms with Gasteiger partial charge in [0.25, 0.3) is 0 Å². The Labute approximate surface area is 142 Å². The number of ether oxygens (including phenoxy) is 1. The summed E-state index contributed by atoms with van der Waals surface area (Å²) in [5.41, 5.74) is 2.06. The van der Waals surface area contributed by atoms with Crippen molar-refractivity contribution in [1.82, 2.24) is 0 Å². The number of benzene rings is 1. The lowest BCUT2D eigenvalue weighted by molar-refractivity contribution is -0.144. The first kappa shape index (κ1) is 18.3. The Bertz CT molecular complexity index is 730. The Kier molecular flexibility index (Phi) is 5.82. The van der Waals surface area contributed by atoms with Crippen molar-refractivity contribution < 1.29 is 22.7 Å². The molecule has 0 saturated carbocycles. The van der Waals surface area contributed by atoms with Gasteiger partial charge in [-0.3, -0.25) is 13.9 Å². The molecule has 0 atom stereocenters. The summed E-state index contributed by atoms with van der Waals surface area (Å²) in [5.74, 6) is -0.730. The van der Waals surface area contributed by atoms with Gasteiger partial charge in [-0.15, -0.1) is 0 Å². The SMILES string of the molecule is CCOC(=O)CCC(=O)Nc1ccc2c(c1)N(S(C)(=O)=O)CCC2. The van der Waals surface area contributed by atoms with Crippen LogP contribution in [0, 0.1) is 0 Å². The van der Waals surface area contributed by atoms with E-state index in [1.165, 1.54) is 10.6 Å². The van der Waals surface area contributed by atoms with Crippen LogP contribution in [0.1, 0.15) is 31.7 Å². The van der Waals surface area contributed by atoms with Gasteiger partial charge in [0.15, 0.2) is 0 Å². The van der Waals surface area contributed by atoms with E-state index in [1.807, 2.05) is 6.07 Å². The van der Waals surface area contributed by atoms with Crippen molar-refractivity contribution in [3.63, 3.8) is 0 Å². The first-order valence-electron chi connectivity index (χ1n) is 7.87. The molecular formula is C16H22N2O5S. The monoisotopic (exact) mass is 354 g/mol. The van der Waals surface area contributed by atoms with Crippen LogP contribution in [0.3, 0.4) is 0 Å². The number of aryl methyl sites for hydroxylation is 1. The van der Waals surface area contributed by atoms with Crippen molar-refractivity contribution in [2.24, 2.45) is 0 Å². The lowest BCUT2D eigenvalue weighted by atomic mass is 10.0. The molecule has 0 fully saturated rings. The van der Waals surface area contributed by atoms with Crippen LogP contribution in [0.2, 0.25) is 0 Å². The molecule has 7 nitrogen and oxygen atoms in total. The Hall–Kier alpha value is -2.09. The minimum Gasteiger partial charge on any atom is -0.466 e. The molecule has 2 rings (SSSR count). The topological polar surface area (TPSA) is 92.8 Å². The van der Waals surface area contributed by atoms with E-state index >= 15 is 0 Å². The maximum Gasteiger partial charge on any atom is 0.306 e. The summed E-state index contributed by atoms with van der Waals surface area (Å²) in [5, 5.41) is 2.69. The van der Waals surface area contributed by atoms with Crippen LogP contribution < -0.4 is 9.62 Å². The molecule has 1 heterocycles. The zero-order chi connectivity index (χ0) is 17.7. The highest BCUT2D eigenvalue weighted by atomic mass is 32.2. The van der Waals surface area contributed by atoms with Gasteiger partial charge in [0, 0.05) is 18.7 Å². The van der Waals surface area contributed by atoms with E-state index in [-0.39, 0.29) is 25.4 Å². The number of rotatable bonds is 6. The second-order valence-corrected chi connectivity index (χ2v) is 7.54. The number of hydrogen-bond donors (Lipinski definition) is 1. The molecule has 1 aromatic carbocycles. The molecule has 0 unspecified atom stereocenters. The minimum atomic E-state index is -3.35. The van der Waals surface area contributed by atoms with Crippen molar-refractivity contribution in [2.45, 2.75) is 32.6 Å². The summed E-state index contributed by atoms with van der Waals surface area (Å²) in [7, 11) is -3.35. The number of fused-ring (bicyclic) bond motifs is 1. The van der Waals surface area contributed by atoms with Crippen LogP contribution in [0.25, 0.3) is 0 Å². The number of anilines is 2. The van der Waals surface area contributed by atoms with E-state index in [9.17, 15) is 18.0 Å². The molecule has 0 aliphatic carbocycles. The van der Waals surface area contributed by atoms with Gasteiger partial charge in [-0.2, -0.15) is 0 Å². The molecule has 0 aromatic heterocycles. The maximum absolute atomic E-state index is 11.9. The van der Waals surface area contributed by atoms with Crippen LogP contribution >= 0.6 is 0 Å². The van der Waals surface area contributed by atoms with Crippen molar-refractivity contribution >= 4 is 33.3 Å². The van der Waals surface area contributed by atoms with E-state index in [4.69, 9.17) is 4.74 Å². The summed E-state index contributed by atoms with van der Waals surface area (Å²) in [6, 6.07) is 5.23. The smallest absolute Gasteiger partial charge is 0.306 e. The molecule has 1 N–H and O–H groups in total. The third kappa shape index (κ3) is 4.70. The van der Waals surface area contributed by atoms with E-state index in [1.54, 1.807) is 19.1 Å². The van der Waals surface area contributed by atoms with Crippen molar-refractivity contribution in [3.05, 3.63) is 23.8 Å². The molecule has 0 saturated heterocycles. The zero-order valence-corrected chi connectivity index (χ0v) is 14.7. The maximum atomic E-state index is 11.9. The molecule has 0 bridgehead atoms. The number of carbonyl (C=O) groups is 2. The van der Waals surface area contributed by atoms with E-state index < -0.39 is 16.0 Å². The highest BCUT2D eigenvalue weighted by Gasteiger charge is 2.24. The first-order valence-corrected chi connectivity index (χ1v) is 9.72. The number of nitrogens with one attached hydrogen (secondary N) is 1. The van der Waals surface area contributed by atoms with Crippen LogP contribution in [0.5, 0.6) is 0 Å². The molecular weight excluding hydrogens is 332 g/mol. The Morgan fingerprint density at radius 2 is 2.04 bits per heavy atom. The van der Waals surface area contributed by atoms with Gasteiger partial charge in [-0.05, 0) is 37.5 Å². The minimum absolute atomic E-state index is 0.0140. The molecule has 24 heavy (non-hydrogen) atoms. The average molecular weight is 354 g/mol. The zero-order valence-electron chi connectivity index (χ0n) is 13.9. The van der Waals surface area contributed by atoms with E-state index in [0.717, 1.165) is 18.4 Å². The fraction of sp³-hybridized carbons (Fsp3) is 0.500. The quantitative estimate of drug-likeness (QED) is 0.785. The van der Waals surface area contributed by atoms with Gasteiger partial charge >= 0.3 is 5.97 Å². The fourth-order valence-electron chi connectivity index (χ4n) is 2.64. The molecule has 1 aliphatic heterocycles. The summed E-state index contributed by atoms with van der Waals surface area (Å²) in [4.78, 5) is 23.2. The number of carbonyl (C=O) groups excluding carboxylic acids is 2. The van der Waals surface area contributed by atoms with E-state index in [2.05, 4.69) is 5.32 Å². The summed E-state index contributed by atoms with van der Waals surface area (Å²) >= 11 is 0. The summed E-state index contributed by atoms with van der Waals surface area (Å²) in [6.07, 6.45) is 2.78. The van der Waals surface area contributed by atoms with Crippen LogP contribution in [0.4, 0.5) is 11.4 Å². The molecule has 1 aliphatic rings. The highest BCUT2D eigenvalue weighted by Crippen LogP contribution is 2.31. The largest absolute Gasteiger partial charge is 0.466 e. The molecule has 1 amide bonds. The Morgan fingerprint density at radius 1 is 1.29 bits per heavy atom. The second-order valence-electron chi connectivity index (χ2n) is 5.64. The molecule has 132 valence electrons. The number of nitrogens with zero attached hydrogens (tertiary/aromatic N) is 1. The average Bonchev–Trinajstić information content (AvgIpc) is 2.51. The highest BCUT2D eigenvalue weighted by molar-refractivity contribution is 7.92. The van der Waals surface area contributed by atoms with Crippen molar-refractivity contribution in [2.75, 3.05) is 29.0 Å². The van der Waals surface area contributed by atoms with Gasteiger partial charge in [0.2, 0.25) is 15.9 Å². The molecule has 0 radical (unpaired) electrons. The van der Waals surface area contributed by atoms with Gasteiger partial charge in [0.05, 0.1) is 25.0 Å². The lowest BCUT2D eigenvalue weighted by Gasteiger charge is -2.29. The fourth-order valence-corrected chi connectivity index (χ4v) is 3.62. The number of sulfonamides is 1. The second kappa shape index (κ2) is 7.65. The predicted octanol–water partition coefficient (Wildman–Crippen LogP) is 1.68. The predicted molar refractivity (Wildman–Crippen MR) is 91.4 cm³/mol. The molecule has 0 spiro atoms. The number of amides is 1. The van der Waals surface area contributed by atoms with Crippen LogP contribution in [0.15, 0.2) is 18.2 Å². The third-order valence-electron chi connectivity index (χ3n) is 3.71. The van der Waals surface area contributed by atoms with E-state index in [0.29, 0.717) is 17.9 Å². The van der Waals surface area contributed by atoms with Crippen molar-refractivity contribution in [1.29, 1.82) is 0 Å². The Balaban J connectivity index is 2.07. The van der Waals surface area contributed by atoms with Gasteiger partial charge in [0.1, 0.15) is 0 Å². The third-order valence-corrected chi connectivity index (χ3v) is 4.89. The standard InChI is InChI=1S/C16H22N2O5S/c1-3-23-16(20)9-8-15(19)17-13-7-6-12-5-4-10-18(14(12)11-13)24(2,21)22/h6-7,11H,3-5,8-10H2,1-2H3,(H,17,19). The Morgan fingerprint density at radius 3 is 2.71 bits per heavy atom. The number of hydrogen-bond acceptors (Lipinski definition) is 5. The van der Waals surface area contributed by atoms with Gasteiger partial charge in [-0.25, -0.2) is 8.42 Å². The van der Waals surface area contributed by atoms with Gasteiger partial charge < -0.3 is 10.1 Å². The van der Waals surface area contributed by atoms with Crippen LogP contribution in [-0.2, 0) is 30.8 Å². The lowest BCUT2D eigenvalue weighted by Crippen LogP contribution is -2.34.